The van der Waals surface area contributed by atoms with Gasteiger partial charge in [-0.05, 0) is 66.8 Å². The number of nitrogens with one attached hydrogen (secondary N) is 2. The first-order valence-electron chi connectivity index (χ1n) is 14.5. The molecule has 0 spiro atoms. The van der Waals surface area contributed by atoms with E-state index >= 15 is 0 Å². The maximum atomic E-state index is 14.3. The van der Waals surface area contributed by atoms with Crippen molar-refractivity contribution in [1.82, 2.24) is 15.2 Å². The van der Waals surface area contributed by atoms with E-state index in [1.165, 1.54) is 12.1 Å². The Bertz CT molecular complexity index is 1560. The lowest BCUT2D eigenvalue weighted by atomic mass is 9.94. The Hall–Kier alpha value is -4.86. The van der Waals surface area contributed by atoms with Crippen molar-refractivity contribution in [2.24, 2.45) is 0 Å². The van der Waals surface area contributed by atoms with E-state index in [1.54, 1.807) is 37.3 Å². The highest BCUT2D eigenvalue weighted by Gasteiger charge is 2.34. The molecule has 1 aliphatic rings. The number of methoxy groups -OCH3 is 2. The second kappa shape index (κ2) is 13.4. The van der Waals surface area contributed by atoms with Crippen molar-refractivity contribution in [3.05, 3.63) is 99.7 Å². The molecule has 1 fully saturated rings. The topological polar surface area (TPSA) is 127 Å². The van der Waals surface area contributed by atoms with Gasteiger partial charge in [0.1, 0.15) is 11.7 Å². The molecule has 224 valence electrons. The molecule has 43 heavy (non-hydrogen) atoms. The average molecular weight is 585 g/mol. The van der Waals surface area contributed by atoms with E-state index in [0.717, 1.165) is 48.6 Å². The van der Waals surface area contributed by atoms with Crippen LogP contribution in [-0.4, -0.2) is 53.4 Å². The van der Waals surface area contributed by atoms with Gasteiger partial charge in [0.05, 0.1) is 19.1 Å². The summed E-state index contributed by atoms with van der Waals surface area (Å²) in [4.78, 5) is 44.1. The molecular weight excluding hydrogens is 548 g/mol. The van der Waals surface area contributed by atoms with Gasteiger partial charge in [-0.25, -0.2) is 0 Å². The van der Waals surface area contributed by atoms with Gasteiger partial charge in [-0.15, -0.1) is 0 Å². The number of carbonyl (C=O) groups is 2. The number of hydrogen-bond donors (Lipinski definition) is 2. The Morgan fingerprint density at radius 2 is 1.70 bits per heavy atom. The smallest absolute Gasteiger partial charge is 0.271 e. The van der Waals surface area contributed by atoms with E-state index in [2.05, 4.69) is 10.3 Å². The number of fused-ring (bicyclic) bond motifs is 1. The minimum atomic E-state index is -1.01. The molecule has 10 heteroatoms. The largest absolute Gasteiger partial charge is 0.493 e. The number of benzene rings is 3. The second-order valence-corrected chi connectivity index (χ2v) is 10.8. The lowest BCUT2D eigenvalue weighted by molar-refractivity contribution is -0.384. The molecule has 1 saturated carbocycles. The summed E-state index contributed by atoms with van der Waals surface area (Å²) >= 11 is 0. The fourth-order valence-corrected chi connectivity index (χ4v) is 5.76. The molecule has 0 radical (unpaired) electrons. The van der Waals surface area contributed by atoms with Gasteiger partial charge in [0.15, 0.2) is 11.5 Å². The number of rotatable bonds is 11. The number of carbonyl (C=O) groups excluding carboxylic acids is 2. The summed E-state index contributed by atoms with van der Waals surface area (Å²) in [5.41, 5.74) is 2.46. The summed E-state index contributed by atoms with van der Waals surface area (Å²) < 4.78 is 10.8. The Morgan fingerprint density at radius 1 is 0.977 bits per heavy atom. The zero-order chi connectivity index (χ0) is 30.3. The number of hydrogen-bond acceptors (Lipinski definition) is 6. The Morgan fingerprint density at radius 3 is 2.37 bits per heavy atom. The number of para-hydroxylation sites is 1. The third-order valence-electron chi connectivity index (χ3n) is 8.04. The van der Waals surface area contributed by atoms with Gasteiger partial charge < -0.3 is 24.7 Å². The van der Waals surface area contributed by atoms with Gasteiger partial charge in [-0.1, -0.05) is 43.5 Å². The Kier molecular flexibility index (Phi) is 9.24. The number of aromatic amines is 1. The number of non-ortho nitro benzene ring substituents is 1. The van der Waals surface area contributed by atoms with E-state index in [4.69, 9.17) is 9.47 Å². The van der Waals surface area contributed by atoms with E-state index in [1.807, 2.05) is 42.5 Å². The fourth-order valence-electron chi connectivity index (χ4n) is 5.76. The first kappa shape index (κ1) is 29.6. The van der Waals surface area contributed by atoms with Crippen molar-refractivity contribution in [3.8, 4) is 11.5 Å². The van der Waals surface area contributed by atoms with Crippen LogP contribution in [0.1, 0.15) is 59.8 Å². The van der Waals surface area contributed by atoms with Gasteiger partial charge in [0.25, 0.3) is 11.6 Å². The number of H-pyrrole nitrogens is 1. The van der Waals surface area contributed by atoms with Crippen molar-refractivity contribution in [3.63, 3.8) is 0 Å². The molecule has 1 heterocycles. The molecule has 2 N–H and O–H groups in total. The number of amides is 2. The van der Waals surface area contributed by atoms with Crippen LogP contribution in [0, 0.1) is 10.1 Å². The van der Waals surface area contributed by atoms with E-state index in [0.29, 0.717) is 29.2 Å². The molecular formula is C33H36N4O6. The molecule has 5 rings (SSSR count). The first-order chi connectivity index (χ1) is 20.9. The van der Waals surface area contributed by atoms with Gasteiger partial charge >= 0.3 is 0 Å². The molecule has 0 aliphatic heterocycles. The predicted molar refractivity (Wildman–Crippen MR) is 163 cm³/mol. The van der Waals surface area contributed by atoms with Gasteiger partial charge in [0.2, 0.25) is 5.91 Å². The zero-order valence-corrected chi connectivity index (χ0v) is 24.4. The minimum Gasteiger partial charge on any atom is -0.493 e. The molecule has 1 unspecified atom stereocenters. The van der Waals surface area contributed by atoms with E-state index in [9.17, 15) is 19.7 Å². The van der Waals surface area contributed by atoms with Crippen LogP contribution in [0.5, 0.6) is 11.5 Å². The highest BCUT2D eigenvalue weighted by Crippen LogP contribution is 2.30. The van der Waals surface area contributed by atoms with Crippen molar-refractivity contribution >= 4 is 28.4 Å². The third-order valence-corrected chi connectivity index (χ3v) is 8.04. The van der Waals surface area contributed by atoms with Gasteiger partial charge in [-0.3, -0.25) is 19.7 Å². The molecule has 1 aliphatic carbocycles. The minimum absolute atomic E-state index is 0.0117. The van der Waals surface area contributed by atoms with Crippen LogP contribution in [0.3, 0.4) is 0 Å². The van der Waals surface area contributed by atoms with Gasteiger partial charge in [-0.2, -0.15) is 0 Å². The van der Waals surface area contributed by atoms with Crippen LogP contribution in [0.25, 0.3) is 10.9 Å². The standard InChI is InChI=1S/C33H36N4O6/c1-42-29-17-12-22(20-30(29)43-2)18-19-36(33(39)28-21-24-8-6-7-11-27(24)35-28)31(23-13-15-26(16-14-23)37(40)41)32(38)34-25-9-4-3-5-10-25/h6-8,11-17,20-21,25,31,35H,3-5,9-10,18-19H2,1-2H3,(H,34,38). The highest BCUT2D eigenvalue weighted by atomic mass is 16.6. The fraction of sp³-hybridized carbons (Fsp3) is 0.333. The molecule has 2 amide bonds. The lowest BCUT2D eigenvalue weighted by Gasteiger charge is -2.33. The highest BCUT2D eigenvalue weighted by molar-refractivity contribution is 6.00. The average Bonchev–Trinajstić information content (AvgIpc) is 3.47. The van der Waals surface area contributed by atoms with Crippen LogP contribution in [-0.2, 0) is 11.2 Å². The van der Waals surface area contributed by atoms with Crippen molar-refractivity contribution in [2.45, 2.75) is 50.6 Å². The summed E-state index contributed by atoms with van der Waals surface area (Å²) in [6.45, 7) is 0.198. The Balaban J connectivity index is 1.54. The maximum Gasteiger partial charge on any atom is 0.271 e. The molecule has 0 saturated heterocycles. The number of ether oxygens (including phenoxy) is 2. The number of nitro groups is 1. The molecule has 1 aromatic heterocycles. The first-order valence-corrected chi connectivity index (χ1v) is 14.5. The monoisotopic (exact) mass is 584 g/mol. The number of nitrogens with zero attached hydrogens (tertiary/aromatic N) is 2. The lowest BCUT2D eigenvalue weighted by Crippen LogP contribution is -2.47. The SMILES string of the molecule is COc1ccc(CCN(C(=O)c2cc3ccccc3[nH]2)C(C(=O)NC2CCCCC2)c2ccc([N+](=O)[O-])cc2)cc1OC. The Labute approximate surface area is 250 Å². The summed E-state index contributed by atoms with van der Waals surface area (Å²) in [6, 6.07) is 19.8. The van der Waals surface area contributed by atoms with Crippen molar-refractivity contribution in [2.75, 3.05) is 20.8 Å². The molecule has 4 aromatic rings. The summed E-state index contributed by atoms with van der Waals surface area (Å²) in [7, 11) is 3.13. The van der Waals surface area contributed by atoms with Crippen LogP contribution in [0.2, 0.25) is 0 Å². The predicted octanol–water partition coefficient (Wildman–Crippen LogP) is 5.97. The summed E-state index contributed by atoms with van der Waals surface area (Å²) in [6.07, 6.45) is 5.37. The number of aromatic nitrogens is 1. The zero-order valence-electron chi connectivity index (χ0n) is 24.4. The van der Waals surface area contributed by atoms with Crippen LogP contribution in [0.4, 0.5) is 5.69 Å². The van der Waals surface area contributed by atoms with E-state index in [-0.39, 0.29) is 30.1 Å². The van der Waals surface area contributed by atoms with Crippen LogP contribution >= 0.6 is 0 Å². The second-order valence-electron chi connectivity index (χ2n) is 10.8. The van der Waals surface area contributed by atoms with E-state index < -0.39 is 11.0 Å². The molecule has 10 nitrogen and oxygen atoms in total. The summed E-state index contributed by atoms with van der Waals surface area (Å²) in [5, 5.41) is 15.5. The van der Waals surface area contributed by atoms with Crippen molar-refractivity contribution < 1.29 is 24.0 Å². The van der Waals surface area contributed by atoms with Crippen LogP contribution in [0.15, 0.2) is 72.8 Å². The number of nitro benzene ring substituents is 1. The van der Waals surface area contributed by atoms with Gasteiger partial charge in [0, 0.05) is 35.6 Å². The maximum absolute atomic E-state index is 14.3. The molecule has 3 aromatic carbocycles. The summed E-state index contributed by atoms with van der Waals surface area (Å²) in [5.74, 6) is 0.500. The van der Waals surface area contributed by atoms with Crippen molar-refractivity contribution in [1.29, 1.82) is 0 Å². The third kappa shape index (κ3) is 6.80. The molecule has 1 atom stereocenters. The quantitative estimate of drug-likeness (QED) is 0.165. The van der Waals surface area contributed by atoms with Crippen LogP contribution < -0.4 is 14.8 Å². The molecule has 0 bridgehead atoms. The normalized spacial score (nSPS) is 14.2.